The van der Waals surface area contributed by atoms with Crippen LogP contribution in [-0.2, 0) is 14.4 Å². The van der Waals surface area contributed by atoms with E-state index < -0.39 is 11.8 Å². The molecule has 0 fully saturated rings. The SMILES string of the molecule is C=CCNC(=O)C(=O)N/N=C\c1ccc(OCC(=O)Nc2cc(C)cc(C)c2)c(OC)c1. The van der Waals surface area contributed by atoms with Gasteiger partial charge in [-0.3, -0.25) is 14.4 Å². The molecule has 9 heteroatoms. The van der Waals surface area contributed by atoms with Crippen LogP contribution < -0.4 is 25.5 Å². The number of carbonyl (C=O) groups is 3. The number of ether oxygens (including phenoxy) is 2. The Morgan fingerprint density at radius 2 is 1.75 bits per heavy atom. The minimum atomic E-state index is -0.898. The number of anilines is 1. The van der Waals surface area contributed by atoms with Crippen molar-refractivity contribution in [3.05, 3.63) is 65.7 Å². The summed E-state index contributed by atoms with van der Waals surface area (Å²) in [4.78, 5) is 35.3. The Hall–Kier alpha value is -4.14. The largest absolute Gasteiger partial charge is 0.493 e. The summed E-state index contributed by atoms with van der Waals surface area (Å²) in [7, 11) is 1.46. The van der Waals surface area contributed by atoms with Crippen molar-refractivity contribution >= 4 is 29.6 Å². The van der Waals surface area contributed by atoms with E-state index in [4.69, 9.17) is 9.47 Å². The number of carbonyl (C=O) groups excluding carboxylic acids is 3. The number of methoxy groups -OCH3 is 1. The molecule has 3 amide bonds. The molecule has 0 atom stereocenters. The minimum absolute atomic E-state index is 0.178. The lowest BCUT2D eigenvalue weighted by atomic mass is 10.1. The number of benzene rings is 2. The van der Waals surface area contributed by atoms with Crippen molar-refractivity contribution in [3.63, 3.8) is 0 Å². The summed E-state index contributed by atoms with van der Waals surface area (Å²) in [6.45, 7) is 7.33. The summed E-state index contributed by atoms with van der Waals surface area (Å²) in [6.07, 6.45) is 2.80. The molecule has 0 aliphatic carbocycles. The van der Waals surface area contributed by atoms with Crippen LogP contribution in [0.4, 0.5) is 5.69 Å². The lowest BCUT2D eigenvalue weighted by Gasteiger charge is -2.12. The fraction of sp³-hybridized carbons (Fsp3) is 0.217. The highest BCUT2D eigenvalue weighted by molar-refractivity contribution is 6.35. The van der Waals surface area contributed by atoms with Gasteiger partial charge in [-0.05, 0) is 60.9 Å². The summed E-state index contributed by atoms with van der Waals surface area (Å²) < 4.78 is 10.9. The normalized spacial score (nSPS) is 10.3. The Labute approximate surface area is 186 Å². The van der Waals surface area contributed by atoms with E-state index in [1.165, 1.54) is 19.4 Å². The molecule has 168 valence electrons. The van der Waals surface area contributed by atoms with Crippen molar-refractivity contribution in [3.8, 4) is 11.5 Å². The Kier molecular flexibility index (Phi) is 8.97. The van der Waals surface area contributed by atoms with E-state index in [-0.39, 0.29) is 19.1 Å². The predicted molar refractivity (Wildman–Crippen MR) is 122 cm³/mol. The Bertz CT molecular complexity index is 1010. The van der Waals surface area contributed by atoms with Gasteiger partial charge in [-0.25, -0.2) is 5.43 Å². The minimum Gasteiger partial charge on any atom is -0.493 e. The van der Waals surface area contributed by atoms with Crippen molar-refractivity contribution in [1.29, 1.82) is 0 Å². The fourth-order valence-electron chi connectivity index (χ4n) is 2.73. The molecule has 0 aliphatic rings. The van der Waals surface area contributed by atoms with Gasteiger partial charge < -0.3 is 20.1 Å². The molecule has 2 rings (SSSR count). The van der Waals surface area contributed by atoms with Crippen molar-refractivity contribution < 1.29 is 23.9 Å². The van der Waals surface area contributed by atoms with Crippen LogP contribution in [0, 0.1) is 13.8 Å². The first kappa shape index (κ1) is 24.1. The van der Waals surface area contributed by atoms with Gasteiger partial charge >= 0.3 is 11.8 Å². The van der Waals surface area contributed by atoms with Crippen LogP contribution in [-0.4, -0.2) is 44.2 Å². The van der Waals surface area contributed by atoms with E-state index in [0.717, 1.165) is 11.1 Å². The number of aryl methyl sites for hydroxylation is 2. The van der Waals surface area contributed by atoms with E-state index in [1.54, 1.807) is 18.2 Å². The molecule has 0 unspecified atom stereocenters. The molecule has 32 heavy (non-hydrogen) atoms. The Balaban J connectivity index is 1.93. The number of rotatable bonds is 9. The highest BCUT2D eigenvalue weighted by Crippen LogP contribution is 2.27. The highest BCUT2D eigenvalue weighted by atomic mass is 16.5. The molecule has 9 nitrogen and oxygen atoms in total. The zero-order valence-electron chi connectivity index (χ0n) is 18.2. The summed E-state index contributed by atoms with van der Waals surface area (Å²) in [5, 5.41) is 8.88. The van der Waals surface area contributed by atoms with Crippen molar-refractivity contribution in [2.24, 2.45) is 5.10 Å². The molecule has 3 N–H and O–H groups in total. The van der Waals surface area contributed by atoms with E-state index in [0.29, 0.717) is 22.7 Å². The second-order valence-electron chi connectivity index (χ2n) is 6.82. The molecule has 0 saturated carbocycles. The fourth-order valence-corrected chi connectivity index (χ4v) is 2.73. The number of amides is 3. The van der Waals surface area contributed by atoms with Crippen LogP contribution in [0.15, 0.2) is 54.2 Å². The molecular weight excluding hydrogens is 412 g/mol. The van der Waals surface area contributed by atoms with Gasteiger partial charge in [-0.2, -0.15) is 5.10 Å². The molecular formula is C23H26N4O5. The molecule has 0 spiro atoms. The second-order valence-corrected chi connectivity index (χ2v) is 6.82. The lowest BCUT2D eigenvalue weighted by Crippen LogP contribution is -2.37. The van der Waals surface area contributed by atoms with Crippen LogP contribution >= 0.6 is 0 Å². The average Bonchev–Trinajstić information content (AvgIpc) is 2.75. The molecule has 0 aromatic heterocycles. The molecule has 2 aromatic carbocycles. The quantitative estimate of drug-likeness (QED) is 0.240. The molecule has 0 bridgehead atoms. The molecule has 0 aliphatic heterocycles. The summed E-state index contributed by atoms with van der Waals surface area (Å²) in [5.41, 5.74) is 5.51. The Morgan fingerprint density at radius 3 is 2.41 bits per heavy atom. The first-order valence-corrected chi connectivity index (χ1v) is 9.73. The van der Waals surface area contributed by atoms with Gasteiger partial charge in [0.1, 0.15) is 0 Å². The third-order valence-corrected chi connectivity index (χ3v) is 4.04. The highest BCUT2D eigenvalue weighted by Gasteiger charge is 2.11. The van der Waals surface area contributed by atoms with E-state index in [2.05, 4.69) is 27.7 Å². The maximum Gasteiger partial charge on any atom is 0.329 e. The monoisotopic (exact) mass is 438 g/mol. The maximum atomic E-state index is 12.2. The van der Waals surface area contributed by atoms with Crippen LogP contribution in [0.1, 0.15) is 16.7 Å². The maximum absolute atomic E-state index is 12.2. The number of nitrogens with one attached hydrogen (secondary N) is 3. The molecule has 2 aromatic rings. The zero-order chi connectivity index (χ0) is 23.5. The first-order valence-electron chi connectivity index (χ1n) is 9.73. The van der Waals surface area contributed by atoms with Crippen LogP contribution in [0.5, 0.6) is 11.5 Å². The molecule has 0 saturated heterocycles. The van der Waals surface area contributed by atoms with Crippen molar-refractivity contribution in [2.45, 2.75) is 13.8 Å². The number of hydrogen-bond acceptors (Lipinski definition) is 6. The van der Waals surface area contributed by atoms with Gasteiger partial charge in [0.05, 0.1) is 13.3 Å². The zero-order valence-corrected chi connectivity index (χ0v) is 18.2. The summed E-state index contributed by atoms with van der Waals surface area (Å²) >= 11 is 0. The van der Waals surface area contributed by atoms with Crippen molar-refractivity contribution in [2.75, 3.05) is 25.6 Å². The van der Waals surface area contributed by atoms with Gasteiger partial charge in [0.25, 0.3) is 5.91 Å². The number of hydrazone groups is 1. The van der Waals surface area contributed by atoms with Crippen LogP contribution in [0.2, 0.25) is 0 Å². The van der Waals surface area contributed by atoms with Crippen LogP contribution in [0.3, 0.4) is 0 Å². The third kappa shape index (κ3) is 7.60. The second kappa shape index (κ2) is 11.9. The molecule has 0 heterocycles. The summed E-state index contributed by atoms with van der Waals surface area (Å²) in [6, 6.07) is 10.7. The third-order valence-electron chi connectivity index (χ3n) is 4.04. The van der Waals surface area contributed by atoms with Gasteiger partial charge in [0.2, 0.25) is 0 Å². The standard InChI is InChI=1S/C23H26N4O5/c1-5-8-24-22(29)23(30)27-25-13-17-6-7-19(20(12-17)31-4)32-14-21(28)26-18-10-15(2)9-16(3)11-18/h5-7,9-13H,1,8,14H2,2-4H3,(H,24,29)(H,26,28)(H,27,30)/b25-13-. The predicted octanol–water partition coefficient (Wildman–Crippen LogP) is 2.08. The van der Waals surface area contributed by atoms with Gasteiger partial charge in [-0.1, -0.05) is 12.1 Å². The van der Waals surface area contributed by atoms with Gasteiger partial charge in [0.15, 0.2) is 18.1 Å². The Morgan fingerprint density at radius 1 is 1.03 bits per heavy atom. The first-order chi connectivity index (χ1) is 15.3. The van der Waals surface area contributed by atoms with Gasteiger partial charge in [-0.15, -0.1) is 6.58 Å². The van der Waals surface area contributed by atoms with E-state index in [1.807, 2.05) is 32.0 Å². The number of hydrogen-bond donors (Lipinski definition) is 3. The topological polar surface area (TPSA) is 118 Å². The van der Waals surface area contributed by atoms with E-state index >= 15 is 0 Å². The average molecular weight is 438 g/mol. The van der Waals surface area contributed by atoms with E-state index in [9.17, 15) is 14.4 Å². The lowest BCUT2D eigenvalue weighted by molar-refractivity contribution is -0.139. The summed E-state index contributed by atoms with van der Waals surface area (Å²) in [5.74, 6) is -1.27. The number of nitrogens with zero attached hydrogens (tertiary/aromatic N) is 1. The van der Waals surface area contributed by atoms with Crippen LogP contribution in [0.25, 0.3) is 0 Å². The van der Waals surface area contributed by atoms with Gasteiger partial charge in [0, 0.05) is 12.2 Å². The van der Waals surface area contributed by atoms with Crippen molar-refractivity contribution in [1.82, 2.24) is 10.7 Å². The molecule has 0 radical (unpaired) electrons. The smallest absolute Gasteiger partial charge is 0.329 e.